The number of aromatic nitrogens is 1. The van der Waals surface area contributed by atoms with Gasteiger partial charge in [-0.2, -0.15) is 5.26 Å². The van der Waals surface area contributed by atoms with Gasteiger partial charge in [0.2, 0.25) is 0 Å². The second-order valence-corrected chi connectivity index (χ2v) is 9.46. The van der Waals surface area contributed by atoms with Crippen LogP contribution in [0.3, 0.4) is 0 Å². The number of rotatable bonds is 3. The van der Waals surface area contributed by atoms with Crippen LogP contribution >= 0.6 is 0 Å². The molecule has 0 bridgehead atoms. The van der Waals surface area contributed by atoms with E-state index in [0.717, 1.165) is 24.8 Å². The number of pyridine rings is 1. The van der Waals surface area contributed by atoms with Crippen molar-refractivity contribution >= 4 is 22.7 Å². The highest BCUT2D eigenvalue weighted by molar-refractivity contribution is 6.09. The summed E-state index contributed by atoms with van der Waals surface area (Å²) < 4.78 is 0. The molecule has 2 aromatic carbocycles. The van der Waals surface area contributed by atoms with Crippen molar-refractivity contribution in [2.75, 3.05) is 26.2 Å². The van der Waals surface area contributed by atoms with Gasteiger partial charge >= 0.3 is 0 Å². The molecule has 35 heavy (non-hydrogen) atoms. The maximum atomic E-state index is 13.5. The maximum absolute atomic E-state index is 13.5. The fourth-order valence-corrected chi connectivity index (χ4v) is 5.24. The van der Waals surface area contributed by atoms with Crippen LogP contribution in [0.25, 0.3) is 10.9 Å². The molecule has 7 heteroatoms. The lowest BCUT2D eigenvalue weighted by Crippen LogP contribution is -2.45. The number of benzene rings is 2. The van der Waals surface area contributed by atoms with E-state index in [1.165, 1.54) is 12.1 Å². The number of phenolic OH excluding ortho intramolecular Hbond substituents is 1. The maximum Gasteiger partial charge on any atom is 0.272 e. The summed E-state index contributed by atoms with van der Waals surface area (Å²) in [6, 6.07) is 18.5. The number of hydrogen-bond acceptors (Lipinski definition) is 5. The lowest BCUT2D eigenvalue weighted by atomic mass is 9.74. The van der Waals surface area contributed by atoms with E-state index in [9.17, 15) is 20.0 Å². The van der Waals surface area contributed by atoms with E-state index in [1.807, 2.05) is 35.2 Å². The molecule has 3 heterocycles. The number of fused-ring (bicyclic) bond motifs is 1. The molecule has 0 aliphatic carbocycles. The SMILES string of the molecule is N#CC1(c2ccccc2)CCN(C(=O)c2cc(C(=O)N3CCCCC3)c3cc(O)ccc3n2)CC1. The van der Waals surface area contributed by atoms with Gasteiger partial charge in [-0.1, -0.05) is 30.3 Å². The Morgan fingerprint density at radius 2 is 1.57 bits per heavy atom. The molecule has 1 N–H and O–H groups in total. The molecule has 0 spiro atoms. The van der Waals surface area contributed by atoms with E-state index in [-0.39, 0.29) is 23.3 Å². The van der Waals surface area contributed by atoms with Gasteiger partial charge in [0.05, 0.1) is 22.6 Å². The van der Waals surface area contributed by atoms with Crippen LogP contribution in [0.1, 0.15) is 58.5 Å². The highest BCUT2D eigenvalue weighted by Crippen LogP contribution is 2.35. The summed E-state index contributed by atoms with van der Waals surface area (Å²) in [7, 11) is 0. The number of nitrogens with zero attached hydrogens (tertiary/aromatic N) is 4. The van der Waals surface area contributed by atoms with Crippen LogP contribution in [0.15, 0.2) is 54.6 Å². The Labute approximate surface area is 204 Å². The quantitative estimate of drug-likeness (QED) is 0.619. The molecule has 2 aliphatic rings. The molecule has 0 saturated carbocycles. The van der Waals surface area contributed by atoms with Crippen LogP contribution in [-0.2, 0) is 5.41 Å². The molecule has 2 aliphatic heterocycles. The lowest BCUT2D eigenvalue weighted by Gasteiger charge is -2.37. The first-order valence-electron chi connectivity index (χ1n) is 12.2. The first-order valence-corrected chi connectivity index (χ1v) is 12.2. The van der Waals surface area contributed by atoms with E-state index in [0.29, 0.717) is 55.5 Å². The minimum absolute atomic E-state index is 0.0517. The van der Waals surface area contributed by atoms with E-state index in [1.54, 1.807) is 17.0 Å². The lowest BCUT2D eigenvalue weighted by molar-refractivity contribution is 0.0686. The van der Waals surface area contributed by atoms with Crippen molar-refractivity contribution in [2.45, 2.75) is 37.5 Å². The normalized spacial score (nSPS) is 17.7. The molecule has 1 aromatic heterocycles. The Bertz CT molecular complexity index is 1300. The van der Waals surface area contributed by atoms with E-state index in [4.69, 9.17) is 0 Å². The topological polar surface area (TPSA) is 97.5 Å². The number of hydrogen-bond donors (Lipinski definition) is 1. The monoisotopic (exact) mass is 468 g/mol. The van der Waals surface area contributed by atoms with Crippen LogP contribution in [0.2, 0.25) is 0 Å². The molecule has 3 aromatic rings. The molecular weight excluding hydrogens is 440 g/mol. The summed E-state index contributed by atoms with van der Waals surface area (Å²) in [6.07, 6.45) is 4.11. The Balaban J connectivity index is 1.44. The Morgan fingerprint density at radius 1 is 0.886 bits per heavy atom. The van der Waals surface area contributed by atoms with Gasteiger partial charge in [0.15, 0.2) is 0 Å². The van der Waals surface area contributed by atoms with Crippen LogP contribution in [0.4, 0.5) is 0 Å². The van der Waals surface area contributed by atoms with Gasteiger partial charge in [0, 0.05) is 31.6 Å². The van der Waals surface area contributed by atoms with Crippen molar-refractivity contribution in [3.8, 4) is 11.8 Å². The van der Waals surface area contributed by atoms with Gasteiger partial charge in [-0.3, -0.25) is 9.59 Å². The van der Waals surface area contributed by atoms with Crippen LogP contribution < -0.4 is 0 Å². The number of likely N-dealkylation sites (tertiary alicyclic amines) is 2. The molecule has 7 nitrogen and oxygen atoms in total. The van der Waals surface area contributed by atoms with Gasteiger partial charge in [-0.25, -0.2) is 4.98 Å². The number of aromatic hydroxyl groups is 1. The fraction of sp³-hybridized carbons (Fsp3) is 0.357. The third kappa shape index (κ3) is 4.32. The molecular formula is C28H28N4O3. The molecule has 0 unspecified atom stereocenters. The summed E-state index contributed by atoms with van der Waals surface area (Å²) >= 11 is 0. The molecule has 5 rings (SSSR count). The molecule has 2 fully saturated rings. The van der Waals surface area contributed by atoms with Crippen molar-refractivity contribution in [1.82, 2.24) is 14.8 Å². The predicted molar refractivity (Wildman–Crippen MR) is 132 cm³/mol. The van der Waals surface area contributed by atoms with Crippen molar-refractivity contribution in [3.05, 3.63) is 71.4 Å². The number of carbonyl (C=O) groups excluding carboxylic acids is 2. The first kappa shape index (κ1) is 22.9. The Hall–Kier alpha value is -3.92. The van der Waals surface area contributed by atoms with Gasteiger partial charge in [0.1, 0.15) is 11.4 Å². The minimum atomic E-state index is -0.609. The van der Waals surface area contributed by atoms with Crippen LogP contribution in [0, 0.1) is 11.3 Å². The van der Waals surface area contributed by atoms with Crippen molar-refractivity contribution in [3.63, 3.8) is 0 Å². The van der Waals surface area contributed by atoms with Gasteiger partial charge in [-0.15, -0.1) is 0 Å². The predicted octanol–water partition coefficient (Wildman–Crippen LogP) is 4.26. The summed E-state index contributed by atoms with van der Waals surface area (Å²) in [5.74, 6) is -0.328. The number of amides is 2. The van der Waals surface area contributed by atoms with Crippen LogP contribution in [-0.4, -0.2) is 57.9 Å². The first-order chi connectivity index (χ1) is 17.0. The third-order valence-electron chi connectivity index (χ3n) is 7.33. The van der Waals surface area contributed by atoms with Crippen molar-refractivity contribution in [1.29, 1.82) is 5.26 Å². The van der Waals surface area contributed by atoms with Gasteiger partial charge < -0.3 is 14.9 Å². The standard InChI is InChI=1S/C28H28N4O3/c29-19-28(20-7-3-1-4-8-20)11-15-32(16-12-28)27(35)25-18-23(26(34)31-13-5-2-6-14-31)22-17-21(33)9-10-24(22)30-25/h1,3-4,7-10,17-18,33H,2,5-6,11-16H2. The second kappa shape index (κ2) is 9.38. The Morgan fingerprint density at radius 3 is 2.26 bits per heavy atom. The van der Waals surface area contributed by atoms with Gasteiger partial charge in [0.25, 0.3) is 11.8 Å². The molecule has 178 valence electrons. The summed E-state index contributed by atoms with van der Waals surface area (Å²) in [4.78, 5) is 35.0. The molecule has 0 radical (unpaired) electrons. The number of carbonyl (C=O) groups is 2. The number of phenols is 1. The average molecular weight is 469 g/mol. The average Bonchev–Trinajstić information content (AvgIpc) is 2.92. The number of nitriles is 1. The van der Waals surface area contributed by atoms with Crippen LogP contribution in [0.5, 0.6) is 5.75 Å². The molecule has 2 saturated heterocycles. The minimum Gasteiger partial charge on any atom is -0.508 e. The molecule has 0 atom stereocenters. The van der Waals surface area contributed by atoms with E-state index >= 15 is 0 Å². The fourth-order valence-electron chi connectivity index (χ4n) is 5.24. The Kier molecular flexibility index (Phi) is 6.12. The smallest absolute Gasteiger partial charge is 0.272 e. The van der Waals surface area contributed by atoms with Gasteiger partial charge in [-0.05, 0) is 61.9 Å². The third-order valence-corrected chi connectivity index (χ3v) is 7.33. The van der Waals surface area contributed by atoms with E-state index < -0.39 is 5.41 Å². The highest BCUT2D eigenvalue weighted by atomic mass is 16.3. The van der Waals surface area contributed by atoms with Crippen molar-refractivity contribution < 1.29 is 14.7 Å². The zero-order chi connectivity index (χ0) is 24.4. The zero-order valence-electron chi connectivity index (χ0n) is 19.6. The largest absolute Gasteiger partial charge is 0.508 e. The summed E-state index contributed by atoms with van der Waals surface area (Å²) in [5.41, 5.74) is 1.48. The number of piperidine rings is 2. The summed E-state index contributed by atoms with van der Waals surface area (Å²) in [5, 5.41) is 20.6. The second-order valence-electron chi connectivity index (χ2n) is 9.46. The van der Waals surface area contributed by atoms with E-state index in [2.05, 4.69) is 11.1 Å². The van der Waals surface area contributed by atoms with Crippen molar-refractivity contribution in [2.24, 2.45) is 0 Å². The highest BCUT2D eigenvalue weighted by Gasteiger charge is 2.38. The molecule has 2 amide bonds. The summed E-state index contributed by atoms with van der Waals surface area (Å²) in [6.45, 7) is 2.25. The zero-order valence-corrected chi connectivity index (χ0v) is 19.6.